The van der Waals surface area contributed by atoms with E-state index in [4.69, 9.17) is 10.5 Å². The van der Waals surface area contributed by atoms with Gasteiger partial charge in [-0.3, -0.25) is 4.79 Å². The van der Waals surface area contributed by atoms with Gasteiger partial charge in [-0.05, 0) is 0 Å². The highest BCUT2D eigenvalue weighted by molar-refractivity contribution is 5.76. The fourth-order valence-corrected chi connectivity index (χ4v) is 0.948. The Bertz CT molecular complexity index is 134. The molecule has 1 aliphatic rings. The lowest BCUT2D eigenvalue weighted by Crippen LogP contribution is -2.36. The predicted molar refractivity (Wildman–Crippen MR) is 41.0 cm³/mol. The Balaban J connectivity index is 2.00. The number of carbonyl (C=O) groups excluding carboxylic acids is 1. The van der Waals surface area contributed by atoms with Gasteiger partial charge >= 0.3 is 0 Å². The molecule has 0 aromatic rings. The van der Waals surface area contributed by atoms with Crippen molar-refractivity contribution in [2.45, 2.75) is 6.42 Å². The van der Waals surface area contributed by atoms with E-state index in [1.54, 1.807) is 0 Å². The standard InChI is InChI=1S/C7H14N2O2/c8-1-2-9-7(10)3-6-4-11-5-6/h6H,1-5,8H2,(H,9,10). The van der Waals surface area contributed by atoms with Crippen LogP contribution in [0.3, 0.4) is 0 Å². The van der Waals surface area contributed by atoms with Crippen LogP contribution in [0, 0.1) is 5.92 Å². The highest BCUT2D eigenvalue weighted by atomic mass is 16.5. The van der Waals surface area contributed by atoms with Crippen molar-refractivity contribution in [1.29, 1.82) is 0 Å². The maximum atomic E-state index is 11.0. The first-order chi connectivity index (χ1) is 5.33. The number of rotatable bonds is 4. The van der Waals surface area contributed by atoms with Gasteiger partial charge in [-0.15, -0.1) is 0 Å². The molecule has 3 N–H and O–H groups in total. The minimum atomic E-state index is 0.0868. The monoisotopic (exact) mass is 158 g/mol. The second-order valence-electron chi connectivity index (χ2n) is 2.75. The molecule has 0 saturated carbocycles. The predicted octanol–water partition coefficient (Wildman–Crippen LogP) is -0.902. The molecule has 4 nitrogen and oxygen atoms in total. The van der Waals surface area contributed by atoms with Crippen molar-refractivity contribution in [2.75, 3.05) is 26.3 Å². The summed E-state index contributed by atoms with van der Waals surface area (Å²) in [5.74, 6) is 0.525. The molecule has 0 aliphatic carbocycles. The molecule has 11 heavy (non-hydrogen) atoms. The van der Waals surface area contributed by atoms with E-state index in [0.717, 1.165) is 13.2 Å². The highest BCUT2D eigenvalue weighted by Crippen LogP contribution is 2.13. The first-order valence-corrected chi connectivity index (χ1v) is 3.87. The van der Waals surface area contributed by atoms with Crippen LogP contribution in [-0.2, 0) is 9.53 Å². The molecule has 1 aliphatic heterocycles. The number of nitrogens with two attached hydrogens (primary N) is 1. The smallest absolute Gasteiger partial charge is 0.220 e. The molecule has 1 saturated heterocycles. The van der Waals surface area contributed by atoms with Gasteiger partial charge in [-0.1, -0.05) is 0 Å². The minimum Gasteiger partial charge on any atom is -0.381 e. The van der Waals surface area contributed by atoms with Gasteiger partial charge in [0.25, 0.3) is 0 Å². The fraction of sp³-hybridized carbons (Fsp3) is 0.857. The average Bonchev–Trinajstić information content (AvgIpc) is 1.93. The van der Waals surface area contributed by atoms with E-state index in [1.165, 1.54) is 0 Å². The normalized spacial score (nSPS) is 17.5. The Morgan fingerprint density at radius 2 is 2.36 bits per heavy atom. The number of amides is 1. The Morgan fingerprint density at radius 3 is 2.82 bits per heavy atom. The van der Waals surface area contributed by atoms with Crippen molar-refractivity contribution >= 4 is 5.91 Å². The van der Waals surface area contributed by atoms with E-state index in [2.05, 4.69) is 5.32 Å². The zero-order chi connectivity index (χ0) is 8.10. The molecule has 0 spiro atoms. The summed E-state index contributed by atoms with van der Waals surface area (Å²) in [6, 6.07) is 0. The first kappa shape index (κ1) is 8.49. The summed E-state index contributed by atoms with van der Waals surface area (Å²) in [6.45, 7) is 2.55. The van der Waals surface area contributed by atoms with Crippen molar-refractivity contribution in [3.05, 3.63) is 0 Å². The molecule has 0 unspecified atom stereocenters. The molecule has 1 heterocycles. The van der Waals surface area contributed by atoms with E-state index in [1.807, 2.05) is 0 Å². The maximum Gasteiger partial charge on any atom is 0.220 e. The van der Waals surface area contributed by atoms with E-state index >= 15 is 0 Å². The van der Waals surface area contributed by atoms with Crippen LogP contribution in [0.2, 0.25) is 0 Å². The maximum absolute atomic E-state index is 11.0. The minimum absolute atomic E-state index is 0.0868. The third kappa shape index (κ3) is 2.86. The number of carbonyl (C=O) groups is 1. The van der Waals surface area contributed by atoms with Crippen LogP contribution in [0.4, 0.5) is 0 Å². The van der Waals surface area contributed by atoms with Gasteiger partial charge in [-0.2, -0.15) is 0 Å². The summed E-state index contributed by atoms with van der Waals surface area (Å²) in [4.78, 5) is 11.0. The average molecular weight is 158 g/mol. The van der Waals surface area contributed by atoms with E-state index in [9.17, 15) is 4.79 Å². The molecule has 0 aromatic heterocycles. The summed E-state index contributed by atoms with van der Waals surface area (Å²) in [5.41, 5.74) is 5.21. The van der Waals surface area contributed by atoms with Gasteiger partial charge in [0, 0.05) is 25.4 Å². The first-order valence-electron chi connectivity index (χ1n) is 3.87. The van der Waals surface area contributed by atoms with Crippen LogP contribution < -0.4 is 11.1 Å². The second kappa shape index (κ2) is 4.31. The Morgan fingerprint density at radius 1 is 1.64 bits per heavy atom. The lowest BCUT2D eigenvalue weighted by molar-refractivity contribution is -0.126. The molecule has 4 heteroatoms. The van der Waals surface area contributed by atoms with Crippen molar-refractivity contribution < 1.29 is 9.53 Å². The van der Waals surface area contributed by atoms with Crippen LogP contribution in [0.25, 0.3) is 0 Å². The summed E-state index contributed by atoms with van der Waals surface area (Å²) < 4.78 is 4.94. The van der Waals surface area contributed by atoms with E-state index < -0.39 is 0 Å². The molecule has 1 amide bonds. The quantitative estimate of drug-likeness (QED) is 0.557. The third-order valence-electron chi connectivity index (χ3n) is 1.65. The van der Waals surface area contributed by atoms with Crippen LogP contribution in [-0.4, -0.2) is 32.2 Å². The van der Waals surface area contributed by atoms with Crippen LogP contribution in [0.15, 0.2) is 0 Å². The highest BCUT2D eigenvalue weighted by Gasteiger charge is 2.20. The van der Waals surface area contributed by atoms with Crippen LogP contribution in [0.1, 0.15) is 6.42 Å². The summed E-state index contributed by atoms with van der Waals surface area (Å²) in [5, 5.41) is 2.71. The number of hydrogen-bond acceptors (Lipinski definition) is 3. The van der Waals surface area contributed by atoms with Crippen molar-refractivity contribution in [1.82, 2.24) is 5.32 Å². The number of nitrogens with one attached hydrogen (secondary N) is 1. The summed E-state index contributed by atoms with van der Waals surface area (Å²) >= 11 is 0. The van der Waals surface area contributed by atoms with Crippen molar-refractivity contribution in [2.24, 2.45) is 11.7 Å². The lowest BCUT2D eigenvalue weighted by atomic mass is 10.0. The van der Waals surface area contributed by atoms with Crippen molar-refractivity contribution in [3.63, 3.8) is 0 Å². The van der Waals surface area contributed by atoms with Crippen molar-refractivity contribution in [3.8, 4) is 0 Å². The third-order valence-corrected chi connectivity index (χ3v) is 1.65. The van der Waals surface area contributed by atoms with Gasteiger partial charge in [-0.25, -0.2) is 0 Å². The van der Waals surface area contributed by atoms with Crippen LogP contribution in [0.5, 0.6) is 0 Å². The molecule has 0 aromatic carbocycles. The molecule has 1 fully saturated rings. The second-order valence-corrected chi connectivity index (χ2v) is 2.75. The molecule has 1 rings (SSSR count). The zero-order valence-corrected chi connectivity index (χ0v) is 6.51. The van der Waals surface area contributed by atoms with Gasteiger partial charge in [0.05, 0.1) is 13.2 Å². The SMILES string of the molecule is NCCNC(=O)CC1COC1. The Kier molecular flexibility index (Phi) is 3.32. The Hall–Kier alpha value is -0.610. The van der Waals surface area contributed by atoms with E-state index in [0.29, 0.717) is 25.4 Å². The summed E-state index contributed by atoms with van der Waals surface area (Å²) in [6.07, 6.45) is 0.583. The van der Waals surface area contributed by atoms with Gasteiger partial charge in [0.1, 0.15) is 0 Å². The Labute approximate surface area is 66.1 Å². The number of hydrogen-bond donors (Lipinski definition) is 2. The number of ether oxygens (including phenoxy) is 1. The van der Waals surface area contributed by atoms with Gasteiger partial charge < -0.3 is 15.8 Å². The molecular weight excluding hydrogens is 144 g/mol. The fourth-order valence-electron chi connectivity index (χ4n) is 0.948. The molecule has 0 radical (unpaired) electrons. The molecule has 0 atom stereocenters. The van der Waals surface area contributed by atoms with E-state index in [-0.39, 0.29) is 5.91 Å². The molecule has 0 bridgehead atoms. The van der Waals surface area contributed by atoms with Gasteiger partial charge in [0.2, 0.25) is 5.91 Å². The van der Waals surface area contributed by atoms with Crippen LogP contribution >= 0.6 is 0 Å². The topological polar surface area (TPSA) is 64.3 Å². The van der Waals surface area contributed by atoms with Gasteiger partial charge in [0.15, 0.2) is 0 Å². The summed E-state index contributed by atoms with van der Waals surface area (Å²) in [7, 11) is 0. The zero-order valence-electron chi connectivity index (χ0n) is 6.51. The molecule has 64 valence electrons. The molecular formula is C7H14N2O2. The largest absolute Gasteiger partial charge is 0.381 e. The lowest BCUT2D eigenvalue weighted by Gasteiger charge is -2.25.